The van der Waals surface area contributed by atoms with Crippen molar-refractivity contribution in [3.05, 3.63) is 18.0 Å². The molecule has 0 atom stereocenters. The summed E-state index contributed by atoms with van der Waals surface area (Å²) in [6, 6.07) is 1.58. The molecule has 2 rings (SSSR count). The third kappa shape index (κ3) is 3.22. The van der Waals surface area contributed by atoms with E-state index < -0.39 is 5.97 Å². The van der Waals surface area contributed by atoms with Crippen molar-refractivity contribution in [3.8, 4) is 0 Å². The molecule has 0 N–H and O–H groups in total. The quantitative estimate of drug-likeness (QED) is 0.782. The van der Waals surface area contributed by atoms with Gasteiger partial charge in [0.1, 0.15) is 0 Å². The molecule has 1 saturated heterocycles. The molecule has 0 amide bonds. The molecular weight excluding hydrogens is 242 g/mol. The van der Waals surface area contributed by atoms with Crippen LogP contribution in [0.25, 0.3) is 0 Å². The Balaban J connectivity index is 2.05. The molecule has 0 saturated carbocycles. The highest BCUT2D eigenvalue weighted by molar-refractivity contribution is 5.87. The lowest BCUT2D eigenvalue weighted by Gasteiger charge is -2.33. The molecule has 1 aromatic heterocycles. The Bertz CT molecular complexity index is 440. The van der Waals surface area contributed by atoms with Gasteiger partial charge in [0, 0.05) is 19.3 Å². The number of carbonyl (C=O) groups is 1. The number of ether oxygens (including phenoxy) is 1. The number of aromatic nitrogens is 2. The van der Waals surface area contributed by atoms with Crippen molar-refractivity contribution in [3.63, 3.8) is 0 Å². The molecule has 0 spiro atoms. The van der Waals surface area contributed by atoms with Gasteiger partial charge < -0.3 is 9.64 Å². The first-order chi connectivity index (χ1) is 9.11. The van der Waals surface area contributed by atoms with E-state index >= 15 is 0 Å². The second-order valence-electron chi connectivity index (χ2n) is 5.30. The second kappa shape index (κ2) is 5.99. The number of piperidine rings is 1. The molecule has 0 aromatic carbocycles. The van der Waals surface area contributed by atoms with Gasteiger partial charge in [-0.2, -0.15) is 0 Å². The summed E-state index contributed by atoms with van der Waals surface area (Å²) < 4.78 is 4.68. The number of nitrogens with zero attached hydrogens (tertiary/aromatic N) is 3. The van der Waals surface area contributed by atoms with Gasteiger partial charge in [0.15, 0.2) is 5.69 Å². The Morgan fingerprint density at radius 3 is 2.68 bits per heavy atom. The molecule has 1 aromatic rings. The van der Waals surface area contributed by atoms with Gasteiger partial charge in [0.25, 0.3) is 0 Å². The van der Waals surface area contributed by atoms with E-state index in [1.165, 1.54) is 7.11 Å². The number of hydrogen-bond acceptors (Lipinski definition) is 5. The van der Waals surface area contributed by atoms with Crippen LogP contribution in [0, 0.1) is 11.8 Å². The molecule has 104 valence electrons. The smallest absolute Gasteiger partial charge is 0.356 e. The lowest BCUT2D eigenvalue weighted by Crippen LogP contribution is -2.36. The van der Waals surface area contributed by atoms with E-state index in [-0.39, 0.29) is 0 Å². The number of esters is 1. The number of carbonyl (C=O) groups excluding carboxylic acids is 1. The molecule has 1 aliphatic rings. The van der Waals surface area contributed by atoms with Crippen LogP contribution in [0.15, 0.2) is 12.3 Å². The van der Waals surface area contributed by atoms with E-state index in [2.05, 4.69) is 33.5 Å². The minimum Gasteiger partial charge on any atom is -0.464 e. The van der Waals surface area contributed by atoms with E-state index in [9.17, 15) is 4.79 Å². The average molecular weight is 263 g/mol. The fraction of sp³-hybridized carbons (Fsp3) is 0.643. The summed E-state index contributed by atoms with van der Waals surface area (Å²) >= 11 is 0. The summed E-state index contributed by atoms with van der Waals surface area (Å²) in [5.74, 6) is 1.72. The van der Waals surface area contributed by atoms with Crippen LogP contribution in [0.1, 0.15) is 37.2 Å². The minimum absolute atomic E-state index is 0.318. The summed E-state index contributed by atoms with van der Waals surface area (Å²) in [6.45, 7) is 6.45. The maximum atomic E-state index is 11.5. The summed E-state index contributed by atoms with van der Waals surface area (Å²) in [5, 5.41) is 0. The van der Waals surface area contributed by atoms with E-state index in [1.54, 1.807) is 12.3 Å². The van der Waals surface area contributed by atoms with Crippen LogP contribution in [-0.2, 0) is 4.74 Å². The predicted molar refractivity (Wildman–Crippen MR) is 73.1 cm³/mol. The second-order valence-corrected chi connectivity index (χ2v) is 5.30. The van der Waals surface area contributed by atoms with E-state index in [0.717, 1.165) is 37.8 Å². The zero-order chi connectivity index (χ0) is 13.8. The average Bonchev–Trinajstić information content (AvgIpc) is 2.46. The van der Waals surface area contributed by atoms with Crippen molar-refractivity contribution < 1.29 is 9.53 Å². The zero-order valence-electron chi connectivity index (χ0n) is 11.8. The molecule has 0 unspecified atom stereocenters. The fourth-order valence-corrected chi connectivity index (χ4v) is 2.49. The van der Waals surface area contributed by atoms with Crippen LogP contribution in [0.4, 0.5) is 5.95 Å². The number of rotatable bonds is 3. The highest BCUT2D eigenvalue weighted by Crippen LogP contribution is 2.26. The summed E-state index contributed by atoms with van der Waals surface area (Å²) in [7, 11) is 1.36. The van der Waals surface area contributed by atoms with Gasteiger partial charge in [-0.1, -0.05) is 13.8 Å². The topological polar surface area (TPSA) is 55.3 Å². The van der Waals surface area contributed by atoms with Crippen molar-refractivity contribution in [2.75, 3.05) is 25.1 Å². The molecule has 0 radical (unpaired) electrons. The van der Waals surface area contributed by atoms with Crippen LogP contribution < -0.4 is 4.90 Å². The van der Waals surface area contributed by atoms with E-state index in [4.69, 9.17) is 0 Å². The molecule has 2 heterocycles. The van der Waals surface area contributed by atoms with E-state index in [0.29, 0.717) is 11.6 Å². The van der Waals surface area contributed by atoms with Gasteiger partial charge in [-0.15, -0.1) is 0 Å². The minimum atomic E-state index is -0.416. The SMILES string of the molecule is COC(=O)c1ccnc(N2CCC(C(C)C)CC2)n1. The Morgan fingerprint density at radius 1 is 1.42 bits per heavy atom. The molecular formula is C14H21N3O2. The zero-order valence-corrected chi connectivity index (χ0v) is 11.8. The summed E-state index contributed by atoms with van der Waals surface area (Å²) in [6.07, 6.45) is 3.93. The van der Waals surface area contributed by atoms with Crippen LogP contribution in [-0.4, -0.2) is 36.1 Å². The van der Waals surface area contributed by atoms with E-state index in [1.807, 2.05) is 0 Å². The van der Waals surface area contributed by atoms with Crippen molar-refractivity contribution >= 4 is 11.9 Å². The number of anilines is 1. The standard InChI is InChI=1S/C14H21N3O2/c1-10(2)11-5-8-17(9-6-11)14-15-7-4-12(16-14)13(18)19-3/h4,7,10-11H,5-6,8-9H2,1-3H3. The molecule has 0 bridgehead atoms. The largest absolute Gasteiger partial charge is 0.464 e. The lowest BCUT2D eigenvalue weighted by atomic mass is 9.87. The first kappa shape index (κ1) is 13.8. The monoisotopic (exact) mass is 263 g/mol. The van der Waals surface area contributed by atoms with Crippen molar-refractivity contribution in [2.24, 2.45) is 11.8 Å². The first-order valence-corrected chi connectivity index (χ1v) is 6.78. The van der Waals surface area contributed by atoms with Crippen LogP contribution >= 0.6 is 0 Å². The molecule has 0 aliphatic carbocycles. The lowest BCUT2D eigenvalue weighted by molar-refractivity contribution is 0.0594. The van der Waals surface area contributed by atoms with Crippen molar-refractivity contribution in [1.82, 2.24) is 9.97 Å². The van der Waals surface area contributed by atoms with Crippen LogP contribution in [0.5, 0.6) is 0 Å². The van der Waals surface area contributed by atoms with Gasteiger partial charge in [-0.3, -0.25) is 0 Å². The van der Waals surface area contributed by atoms with Gasteiger partial charge in [-0.05, 0) is 30.7 Å². The molecule has 19 heavy (non-hydrogen) atoms. The Hall–Kier alpha value is -1.65. The third-order valence-corrected chi connectivity index (χ3v) is 3.80. The molecule has 5 heteroatoms. The normalized spacial score (nSPS) is 16.7. The molecule has 1 aliphatic heterocycles. The van der Waals surface area contributed by atoms with Crippen molar-refractivity contribution in [2.45, 2.75) is 26.7 Å². The molecule has 1 fully saturated rings. The summed E-state index contributed by atoms with van der Waals surface area (Å²) in [5.41, 5.74) is 0.318. The number of methoxy groups -OCH3 is 1. The Morgan fingerprint density at radius 2 is 2.11 bits per heavy atom. The maximum Gasteiger partial charge on any atom is 0.356 e. The first-order valence-electron chi connectivity index (χ1n) is 6.78. The molecule has 5 nitrogen and oxygen atoms in total. The highest BCUT2D eigenvalue weighted by Gasteiger charge is 2.23. The third-order valence-electron chi connectivity index (χ3n) is 3.80. The fourth-order valence-electron chi connectivity index (χ4n) is 2.49. The van der Waals surface area contributed by atoms with Gasteiger partial charge in [-0.25, -0.2) is 14.8 Å². The Kier molecular flexibility index (Phi) is 4.35. The van der Waals surface area contributed by atoms with Crippen LogP contribution in [0.2, 0.25) is 0 Å². The van der Waals surface area contributed by atoms with Gasteiger partial charge in [0.05, 0.1) is 7.11 Å². The van der Waals surface area contributed by atoms with Gasteiger partial charge >= 0.3 is 5.97 Å². The maximum absolute atomic E-state index is 11.5. The summed E-state index contributed by atoms with van der Waals surface area (Å²) in [4.78, 5) is 22.1. The van der Waals surface area contributed by atoms with Gasteiger partial charge in [0.2, 0.25) is 5.95 Å². The number of hydrogen-bond donors (Lipinski definition) is 0. The predicted octanol–water partition coefficient (Wildman–Crippen LogP) is 2.14. The van der Waals surface area contributed by atoms with Crippen molar-refractivity contribution in [1.29, 1.82) is 0 Å². The Labute approximate surface area is 114 Å². The van der Waals surface area contributed by atoms with Crippen LogP contribution in [0.3, 0.4) is 0 Å². The highest BCUT2D eigenvalue weighted by atomic mass is 16.5.